The van der Waals surface area contributed by atoms with Crippen molar-refractivity contribution in [3.63, 3.8) is 0 Å². The molecule has 0 heterocycles. The molecule has 0 spiro atoms. The van der Waals surface area contributed by atoms with Gasteiger partial charge in [0, 0.05) is 17.6 Å². The molecule has 1 aromatic carbocycles. The van der Waals surface area contributed by atoms with Gasteiger partial charge >= 0.3 is 0 Å². The molecule has 0 fully saturated rings. The third-order valence-corrected chi connectivity index (χ3v) is 3.64. The van der Waals surface area contributed by atoms with Crippen molar-refractivity contribution >= 4 is 21.8 Å². The van der Waals surface area contributed by atoms with Gasteiger partial charge in [0.2, 0.25) is 0 Å². The zero-order chi connectivity index (χ0) is 15.2. The van der Waals surface area contributed by atoms with E-state index in [4.69, 9.17) is 9.84 Å². The normalized spacial score (nSPS) is 11.2. The van der Waals surface area contributed by atoms with E-state index in [9.17, 15) is 4.79 Å². The molecule has 20 heavy (non-hydrogen) atoms. The molecule has 1 amide bonds. The van der Waals surface area contributed by atoms with E-state index in [1.54, 1.807) is 19.2 Å². The Morgan fingerprint density at radius 1 is 1.45 bits per heavy atom. The highest BCUT2D eigenvalue weighted by atomic mass is 79.9. The highest BCUT2D eigenvalue weighted by Crippen LogP contribution is 2.24. The highest BCUT2D eigenvalue weighted by molar-refractivity contribution is 9.10. The molecule has 112 valence electrons. The highest BCUT2D eigenvalue weighted by Gasteiger charge is 2.20. The van der Waals surface area contributed by atoms with E-state index < -0.39 is 0 Å². The van der Waals surface area contributed by atoms with Crippen LogP contribution in [0, 0.1) is 5.41 Å². The van der Waals surface area contributed by atoms with Gasteiger partial charge in [0.05, 0.1) is 12.7 Å². The molecule has 0 aromatic heterocycles. The van der Waals surface area contributed by atoms with Gasteiger partial charge in [0.1, 0.15) is 5.75 Å². The number of amides is 1. The topological polar surface area (TPSA) is 58.6 Å². The van der Waals surface area contributed by atoms with Gasteiger partial charge in [-0.05, 0) is 36.5 Å². The smallest absolute Gasteiger partial charge is 0.255 e. The third-order valence-electron chi connectivity index (χ3n) is 3.15. The Bertz CT molecular complexity index is 460. The van der Waals surface area contributed by atoms with Crippen LogP contribution >= 0.6 is 15.9 Å². The van der Waals surface area contributed by atoms with Gasteiger partial charge in [0.15, 0.2) is 0 Å². The van der Waals surface area contributed by atoms with Gasteiger partial charge in [-0.3, -0.25) is 4.79 Å². The molecule has 0 aliphatic heterocycles. The summed E-state index contributed by atoms with van der Waals surface area (Å²) in [7, 11) is 1.55. The van der Waals surface area contributed by atoms with Gasteiger partial charge in [0.25, 0.3) is 5.91 Å². The number of halogens is 1. The Labute approximate surface area is 128 Å². The molecular weight excluding hydrogens is 322 g/mol. The van der Waals surface area contributed by atoms with Crippen molar-refractivity contribution in [1.29, 1.82) is 0 Å². The third kappa shape index (κ3) is 5.13. The Morgan fingerprint density at radius 3 is 2.75 bits per heavy atom. The first kappa shape index (κ1) is 17.0. The van der Waals surface area contributed by atoms with Crippen LogP contribution in [0.1, 0.15) is 37.0 Å². The van der Waals surface area contributed by atoms with Crippen molar-refractivity contribution in [2.75, 3.05) is 20.3 Å². The Balaban J connectivity index is 2.67. The number of rotatable bonds is 7. The number of carbonyl (C=O) groups is 1. The van der Waals surface area contributed by atoms with E-state index >= 15 is 0 Å². The molecule has 1 aromatic rings. The van der Waals surface area contributed by atoms with E-state index in [0.717, 1.165) is 17.3 Å². The van der Waals surface area contributed by atoms with E-state index in [2.05, 4.69) is 35.1 Å². The number of aliphatic hydroxyl groups is 1. The summed E-state index contributed by atoms with van der Waals surface area (Å²) in [5.74, 6) is 0.400. The second kappa shape index (κ2) is 7.64. The van der Waals surface area contributed by atoms with Gasteiger partial charge in [-0.1, -0.05) is 29.8 Å². The number of nitrogens with one attached hydrogen (secondary N) is 1. The van der Waals surface area contributed by atoms with Gasteiger partial charge < -0.3 is 15.2 Å². The molecule has 0 unspecified atom stereocenters. The molecular formula is C15H22BrNO3. The summed E-state index contributed by atoms with van der Waals surface area (Å²) in [6.07, 6.45) is 1.60. The maximum Gasteiger partial charge on any atom is 0.255 e. The standard InChI is InChI=1S/C15H22BrNO3/c1-15(2,7-4-8-18)10-17-14(19)12-6-5-11(16)9-13(12)20-3/h5-6,9,18H,4,7-8,10H2,1-3H3,(H,17,19). The minimum absolute atomic E-state index is 0.0407. The number of ether oxygens (including phenoxy) is 1. The summed E-state index contributed by atoms with van der Waals surface area (Å²) < 4.78 is 6.09. The lowest BCUT2D eigenvalue weighted by molar-refractivity contribution is 0.0930. The van der Waals surface area contributed by atoms with Crippen LogP contribution in [0.3, 0.4) is 0 Å². The zero-order valence-corrected chi connectivity index (χ0v) is 13.8. The molecule has 0 bridgehead atoms. The number of benzene rings is 1. The minimum atomic E-state index is -0.147. The molecule has 0 saturated carbocycles. The van der Waals surface area contributed by atoms with Crippen molar-refractivity contribution in [3.05, 3.63) is 28.2 Å². The average molecular weight is 344 g/mol. The summed E-state index contributed by atoms with van der Waals surface area (Å²) in [6.45, 7) is 4.88. The summed E-state index contributed by atoms with van der Waals surface area (Å²) >= 11 is 3.35. The Kier molecular flexibility index (Phi) is 6.49. The predicted molar refractivity (Wildman–Crippen MR) is 83.1 cm³/mol. The van der Waals surface area contributed by atoms with Crippen molar-refractivity contribution in [3.8, 4) is 5.75 Å². The minimum Gasteiger partial charge on any atom is -0.496 e. The molecule has 0 aliphatic rings. The first-order valence-electron chi connectivity index (χ1n) is 6.62. The maximum absolute atomic E-state index is 12.2. The number of carbonyl (C=O) groups excluding carboxylic acids is 1. The van der Waals surface area contributed by atoms with E-state index in [1.807, 2.05) is 6.07 Å². The number of aliphatic hydroxyl groups excluding tert-OH is 1. The van der Waals surface area contributed by atoms with Crippen molar-refractivity contribution < 1.29 is 14.6 Å². The summed E-state index contributed by atoms with van der Waals surface area (Å²) in [5.41, 5.74) is 0.481. The van der Waals surface area contributed by atoms with Crippen molar-refractivity contribution in [2.24, 2.45) is 5.41 Å². The molecule has 5 heteroatoms. The quantitative estimate of drug-likeness (QED) is 0.800. The van der Waals surface area contributed by atoms with Crippen LogP contribution in [-0.2, 0) is 0 Å². The lowest BCUT2D eigenvalue weighted by Gasteiger charge is -2.24. The molecule has 0 radical (unpaired) electrons. The van der Waals surface area contributed by atoms with Gasteiger partial charge in [-0.15, -0.1) is 0 Å². The Morgan fingerprint density at radius 2 is 2.15 bits per heavy atom. The number of hydrogen-bond acceptors (Lipinski definition) is 3. The molecule has 1 rings (SSSR count). The molecule has 0 atom stereocenters. The molecule has 0 saturated heterocycles. The lowest BCUT2D eigenvalue weighted by atomic mass is 9.88. The fraction of sp³-hybridized carbons (Fsp3) is 0.533. The van der Waals surface area contributed by atoms with Crippen LogP contribution in [0.4, 0.5) is 0 Å². The van der Waals surface area contributed by atoms with E-state index in [-0.39, 0.29) is 17.9 Å². The Hall–Kier alpha value is -1.07. The fourth-order valence-electron chi connectivity index (χ4n) is 1.91. The summed E-state index contributed by atoms with van der Waals surface area (Å²) in [5, 5.41) is 11.8. The maximum atomic E-state index is 12.2. The van der Waals surface area contributed by atoms with E-state index in [0.29, 0.717) is 17.9 Å². The second-order valence-corrected chi connectivity index (χ2v) is 6.43. The van der Waals surface area contributed by atoms with Crippen molar-refractivity contribution in [2.45, 2.75) is 26.7 Å². The SMILES string of the molecule is COc1cc(Br)ccc1C(=O)NCC(C)(C)CCCO. The zero-order valence-electron chi connectivity index (χ0n) is 12.2. The van der Waals surface area contributed by atoms with Gasteiger partial charge in [-0.25, -0.2) is 0 Å². The first-order chi connectivity index (χ1) is 9.39. The van der Waals surface area contributed by atoms with Gasteiger partial charge in [-0.2, -0.15) is 0 Å². The van der Waals surface area contributed by atoms with Crippen LogP contribution in [0.15, 0.2) is 22.7 Å². The molecule has 4 nitrogen and oxygen atoms in total. The van der Waals surface area contributed by atoms with Crippen LogP contribution in [0.2, 0.25) is 0 Å². The first-order valence-corrected chi connectivity index (χ1v) is 7.41. The summed E-state index contributed by atoms with van der Waals surface area (Å²) in [6, 6.07) is 5.32. The number of hydrogen-bond donors (Lipinski definition) is 2. The average Bonchev–Trinajstić information content (AvgIpc) is 2.42. The van der Waals surface area contributed by atoms with Crippen molar-refractivity contribution in [1.82, 2.24) is 5.32 Å². The molecule has 0 aliphatic carbocycles. The summed E-state index contributed by atoms with van der Waals surface area (Å²) in [4.78, 5) is 12.2. The molecule has 2 N–H and O–H groups in total. The fourth-order valence-corrected chi connectivity index (χ4v) is 2.25. The number of methoxy groups -OCH3 is 1. The second-order valence-electron chi connectivity index (χ2n) is 5.52. The van der Waals surface area contributed by atoms with Crippen LogP contribution < -0.4 is 10.1 Å². The predicted octanol–water partition coefficient (Wildman–Crippen LogP) is 2.99. The van der Waals surface area contributed by atoms with Crippen LogP contribution in [0.25, 0.3) is 0 Å². The van der Waals surface area contributed by atoms with E-state index in [1.165, 1.54) is 0 Å². The monoisotopic (exact) mass is 343 g/mol. The largest absolute Gasteiger partial charge is 0.496 e. The lowest BCUT2D eigenvalue weighted by Crippen LogP contribution is -2.34. The van der Waals surface area contributed by atoms with Crippen LogP contribution in [-0.4, -0.2) is 31.3 Å². The van der Waals surface area contributed by atoms with Crippen LogP contribution in [0.5, 0.6) is 5.75 Å².